The van der Waals surface area contributed by atoms with Gasteiger partial charge in [-0.05, 0) is 6.92 Å². The molecule has 1 heterocycles. The molecule has 0 N–H and O–H groups in total. The molecule has 60 valence electrons. The molecule has 1 rings (SSSR count). The van der Waals surface area contributed by atoms with Gasteiger partial charge in [-0.25, -0.2) is 4.79 Å². The first-order chi connectivity index (χ1) is 5.34. The molecule has 0 aromatic heterocycles. The number of carbonyl (C=O) groups excluding carboxylic acids is 1. The number of carbonyl (C=O) groups is 1. The highest BCUT2D eigenvalue weighted by molar-refractivity contribution is 5.93. The zero-order valence-electron chi connectivity index (χ0n) is 6.19. The van der Waals surface area contributed by atoms with Crippen molar-refractivity contribution in [3.8, 4) is 0 Å². The molecule has 11 heavy (non-hydrogen) atoms. The van der Waals surface area contributed by atoms with Gasteiger partial charge in [0, 0.05) is 0 Å². The smallest absolute Gasteiger partial charge is 0.353 e. The maximum atomic E-state index is 10.9. The van der Waals surface area contributed by atoms with Crippen LogP contribution >= 0.6 is 0 Å². The fraction of sp³-hybridized carbons (Fsp3) is 0.429. The second-order valence-corrected chi connectivity index (χ2v) is 1.89. The van der Waals surface area contributed by atoms with Crippen LogP contribution in [0.25, 0.3) is 0 Å². The Morgan fingerprint density at radius 2 is 2.64 bits per heavy atom. The molecular weight excluding hydrogens is 146 g/mol. The van der Waals surface area contributed by atoms with E-state index >= 15 is 0 Å². The van der Waals surface area contributed by atoms with E-state index < -0.39 is 12.1 Å². The van der Waals surface area contributed by atoms with Crippen molar-refractivity contribution >= 4 is 12.2 Å². The molecule has 0 aliphatic carbocycles. The van der Waals surface area contributed by atoms with Gasteiger partial charge in [-0.3, -0.25) is 4.99 Å². The lowest BCUT2D eigenvalue weighted by Crippen LogP contribution is -2.27. The van der Waals surface area contributed by atoms with Crippen molar-refractivity contribution in [3.63, 3.8) is 0 Å². The molecule has 4 heteroatoms. The summed E-state index contributed by atoms with van der Waals surface area (Å²) >= 11 is 0. The molecule has 0 fully saturated rings. The summed E-state index contributed by atoms with van der Waals surface area (Å²) in [5.74, 6) is -0.402. The van der Waals surface area contributed by atoms with Crippen molar-refractivity contribution < 1.29 is 14.3 Å². The quantitative estimate of drug-likeness (QED) is 0.545. The Labute approximate surface area is 64.5 Å². The zero-order chi connectivity index (χ0) is 8.10. The minimum Gasteiger partial charge on any atom is -0.479 e. The van der Waals surface area contributed by atoms with Gasteiger partial charge in [-0.1, -0.05) is 0 Å². The molecule has 1 unspecified atom stereocenters. The molecule has 0 radical (unpaired) electrons. The van der Waals surface area contributed by atoms with E-state index in [0.717, 1.165) is 0 Å². The largest absolute Gasteiger partial charge is 0.479 e. The van der Waals surface area contributed by atoms with Gasteiger partial charge in [0.15, 0.2) is 0 Å². The minimum atomic E-state index is -0.667. The van der Waals surface area contributed by atoms with Gasteiger partial charge in [0.25, 0.3) is 0 Å². The summed E-state index contributed by atoms with van der Waals surface area (Å²) in [5.41, 5.74) is 0. The van der Waals surface area contributed by atoms with E-state index in [1.54, 1.807) is 6.92 Å². The van der Waals surface area contributed by atoms with Gasteiger partial charge in [-0.15, -0.1) is 0 Å². The van der Waals surface area contributed by atoms with Crippen LogP contribution in [0.1, 0.15) is 6.92 Å². The third-order valence-electron chi connectivity index (χ3n) is 1.11. The van der Waals surface area contributed by atoms with Crippen LogP contribution in [0, 0.1) is 0 Å². The molecule has 1 atom stereocenters. The molecule has 0 saturated heterocycles. The zero-order valence-corrected chi connectivity index (χ0v) is 6.19. The molecule has 0 aromatic carbocycles. The number of ether oxygens (including phenoxy) is 2. The molecule has 0 amide bonds. The van der Waals surface area contributed by atoms with Crippen molar-refractivity contribution in [2.45, 2.75) is 13.0 Å². The average Bonchev–Trinajstić information content (AvgIpc) is 2.07. The molecule has 0 bridgehead atoms. The summed E-state index contributed by atoms with van der Waals surface area (Å²) in [6.07, 6.45) is 3.56. The molecule has 0 aromatic rings. The summed E-state index contributed by atoms with van der Waals surface area (Å²) in [6.45, 7) is 2.10. The second kappa shape index (κ2) is 3.75. The molecular formula is C7H9NO3. The number of esters is 1. The first-order valence-electron chi connectivity index (χ1n) is 3.35. The summed E-state index contributed by atoms with van der Waals surface area (Å²) in [5, 5.41) is 0. The summed E-state index contributed by atoms with van der Waals surface area (Å²) in [7, 11) is 0. The highest BCUT2D eigenvalue weighted by Crippen LogP contribution is 1.99. The topological polar surface area (TPSA) is 47.9 Å². The second-order valence-electron chi connectivity index (χ2n) is 1.89. The van der Waals surface area contributed by atoms with Crippen molar-refractivity contribution in [3.05, 3.63) is 12.5 Å². The van der Waals surface area contributed by atoms with Crippen LogP contribution in [-0.2, 0) is 14.3 Å². The van der Waals surface area contributed by atoms with E-state index in [2.05, 4.69) is 4.99 Å². The highest BCUT2D eigenvalue weighted by atomic mass is 16.6. The number of nitrogens with zero attached hydrogens (tertiary/aromatic N) is 1. The molecule has 1 aliphatic heterocycles. The van der Waals surface area contributed by atoms with Gasteiger partial charge in [0.2, 0.25) is 6.10 Å². The number of aliphatic imine (C=N–C) groups is 1. The van der Waals surface area contributed by atoms with E-state index in [9.17, 15) is 4.79 Å². The van der Waals surface area contributed by atoms with Crippen molar-refractivity contribution in [2.75, 3.05) is 6.61 Å². The third-order valence-corrected chi connectivity index (χ3v) is 1.11. The third kappa shape index (κ3) is 2.07. The minimum absolute atomic E-state index is 0.357. The molecule has 1 aliphatic rings. The molecule has 0 spiro atoms. The lowest BCUT2D eigenvalue weighted by Gasteiger charge is -2.11. The summed E-state index contributed by atoms with van der Waals surface area (Å²) in [4.78, 5) is 14.7. The molecule has 0 saturated carbocycles. The Balaban J connectivity index is 2.42. The van der Waals surface area contributed by atoms with E-state index in [-0.39, 0.29) is 0 Å². The van der Waals surface area contributed by atoms with E-state index in [1.807, 2.05) is 0 Å². The van der Waals surface area contributed by atoms with Gasteiger partial charge < -0.3 is 9.47 Å². The summed E-state index contributed by atoms with van der Waals surface area (Å²) < 4.78 is 9.58. The van der Waals surface area contributed by atoms with Gasteiger partial charge in [0.05, 0.1) is 19.0 Å². The SMILES string of the molecule is CCOC(=O)C1C=NC=CO1. The fourth-order valence-corrected chi connectivity index (χ4v) is 0.659. The van der Waals surface area contributed by atoms with Crippen LogP contribution in [0.2, 0.25) is 0 Å². The fourth-order valence-electron chi connectivity index (χ4n) is 0.659. The van der Waals surface area contributed by atoms with Crippen molar-refractivity contribution in [1.82, 2.24) is 0 Å². The Morgan fingerprint density at radius 3 is 3.18 bits per heavy atom. The average molecular weight is 155 g/mol. The Kier molecular flexibility index (Phi) is 2.66. The van der Waals surface area contributed by atoms with E-state index in [1.165, 1.54) is 18.7 Å². The Morgan fingerprint density at radius 1 is 1.82 bits per heavy atom. The van der Waals surface area contributed by atoms with Crippen molar-refractivity contribution in [1.29, 1.82) is 0 Å². The maximum Gasteiger partial charge on any atom is 0.353 e. The highest BCUT2D eigenvalue weighted by Gasteiger charge is 2.18. The van der Waals surface area contributed by atoms with Gasteiger partial charge in [-0.2, -0.15) is 0 Å². The lowest BCUT2D eigenvalue weighted by atomic mass is 10.4. The van der Waals surface area contributed by atoms with Gasteiger partial charge >= 0.3 is 5.97 Å². The maximum absolute atomic E-state index is 10.9. The van der Waals surface area contributed by atoms with Crippen molar-refractivity contribution in [2.24, 2.45) is 4.99 Å². The predicted octanol–water partition coefficient (Wildman–Crippen LogP) is 0.490. The number of hydrogen-bond donors (Lipinski definition) is 0. The first kappa shape index (κ1) is 7.78. The standard InChI is InChI=1S/C7H9NO3/c1-2-10-7(9)6-5-8-3-4-11-6/h3-6H,2H2,1H3. The van der Waals surface area contributed by atoms with Crippen LogP contribution < -0.4 is 0 Å². The number of rotatable bonds is 2. The van der Waals surface area contributed by atoms with Crippen LogP contribution in [-0.4, -0.2) is 24.9 Å². The van der Waals surface area contributed by atoms with Crippen LogP contribution in [0.15, 0.2) is 17.5 Å². The van der Waals surface area contributed by atoms with Crippen LogP contribution in [0.5, 0.6) is 0 Å². The Hall–Kier alpha value is -1.32. The van der Waals surface area contributed by atoms with Gasteiger partial charge in [0.1, 0.15) is 6.26 Å². The Bertz CT molecular complexity index is 198. The van der Waals surface area contributed by atoms with E-state index in [0.29, 0.717) is 6.61 Å². The molecule has 4 nitrogen and oxygen atoms in total. The predicted molar refractivity (Wildman–Crippen MR) is 39.1 cm³/mol. The van der Waals surface area contributed by atoms with Crippen LogP contribution in [0.3, 0.4) is 0 Å². The lowest BCUT2D eigenvalue weighted by molar-refractivity contribution is -0.149. The number of hydrogen-bond acceptors (Lipinski definition) is 4. The normalized spacial score (nSPS) is 21.0. The van der Waals surface area contributed by atoms with E-state index in [4.69, 9.17) is 9.47 Å². The summed E-state index contributed by atoms with van der Waals surface area (Å²) in [6, 6.07) is 0. The monoisotopic (exact) mass is 155 g/mol. The first-order valence-corrected chi connectivity index (χ1v) is 3.35. The van der Waals surface area contributed by atoms with Crippen LogP contribution in [0.4, 0.5) is 0 Å².